The summed E-state index contributed by atoms with van der Waals surface area (Å²) >= 11 is 0. The van der Waals surface area contributed by atoms with Gasteiger partial charge in [-0.1, -0.05) is 0 Å². The SMILES string of the molecule is CN(c1c(C#N)c(=O)n(C)c2ccc(C#N)nc12)C1CCC(N(CC2CC2)c2cccnc2)CC1. The van der Waals surface area contributed by atoms with Crippen molar-refractivity contribution in [1.82, 2.24) is 14.5 Å². The Balaban J connectivity index is 1.43. The monoisotopic (exact) mass is 467 g/mol. The van der Waals surface area contributed by atoms with E-state index in [1.165, 1.54) is 23.1 Å². The molecule has 3 aromatic heterocycles. The number of nitrogens with zero attached hydrogens (tertiary/aromatic N) is 7. The first kappa shape index (κ1) is 22.9. The van der Waals surface area contributed by atoms with Crippen LogP contribution in [0.15, 0.2) is 41.5 Å². The van der Waals surface area contributed by atoms with Gasteiger partial charge in [-0.05, 0) is 68.7 Å². The molecule has 35 heavy (non-hydrogen) atoms. The minimum atomic E-state index is -0.339. The third-order valence-corrected chi connectivity index (χ3v) is 7.58. The molecule has 0 saturated heterocycles. The van der Waals surface area contributed by atoms with E-state index in [1.54, 1.807) is 19.2 Å². The van der Waals surface area contributed by atoms with Gasteiger partial charge in [0.25, 0.3) is 5.56 Å². The first-order valence-electron chi connectivity index (χ1n) is 12.2. The lowest BCUT2D eigenvalue weighted by Gasteiger charge is -2.41. The number of anilines is 2. The van der Waals surface area contributed by atoms with Gasteiger partial charge in [0.15, 0.2) is 0 Å². The standard InChI is InChI=1S/C27H29N7O/c1-32(26-23(15-29)27(35)33(2)24-12-7-19(14-28)31-25(24)26)20-8-10-21(11-9-20)34(17-18-5-6-18)22-4-3-13-30-16-22/h3-4,7,12-13,16,18,20-21H,5-6,8-11,17H2,1-2H3. The molecule has 0 unspecified atom stereocenters. The van der Waals surface area contributed by atoms with Crippen molar-refractivity contribution < 1.29 is 0 Å². The minimum absolute atomic E-state index is 0.0814. The molecule has 0 N–H and O–H groups in total. The summed E-state index contributed by atoms with van der Waals surface area (Å²) in [5, 5.41) is 19.3. The van der Waals surface area contributed by atoms with Gasteiger partial charge in [-0.25, -0.2) is 4.98 Å². The number of aryl methyl sites for hydroxylation is 1. The van der Waals surface area contributed by atoms with Crippen molar-refractivity contribution in [2.24, 2.45) is 13.0 Å². The number of hydrogen-bond acceptors (Lipinski definition) is 7. The van der Waals surface area contributed by atoms with Crippen molar-refractivity contribution >= 4 is 22.4 Å². The van der Waals surface area contributed by atoms with E-state index in [9.17, 15) is 15.3 Å². The minimum Gasteiger partial charge on any atom is -0.369 e. The van der Waals surface area contributed by atoms with E-state index in [0.29, 0.717) is 22.8 Å². The fraction of sp³-hybridized carbons (Fsp3) is 0.444. The molecule has 2 fully saturated rings. The molecule has 0 aromatic carbocycles. The zero-order valence-electron chi connectivity index (χ0n) is 20.2. The molecule has 0 amide bonds. The maximum absolute atomic E-state index is 13.0. The highest BCUT2D eigenvalue weighted by atomic mass is 16.1. The van der Waals surface area contributed by atoms with Crippen LogP contribution in [-0.2, 0) is 7.05 Å². The molecule has 0 radical (unpaired) electrons. The summed E-state index contributed by atoms with van der Waals surface area (Å²) < 4.78 is 1.44. The largest absolute Gasteiger partial charge is 0.369 e. The first-order valence-corrected chi connectivity index (χ1v) is 12.2. The lowest BCUT2D eigenvalue weighted by Crippen LogP contribution is -2.44. The van der Waals surface area contributed by atoms with Crippen molar-refractivity contribution in [2.45, 2.75) is 50.6 Å². The molecule has 0 spiro atoms. The van der Waals surface area contributed by atoms with Crippen LogP contribution in [0.3, 0.4) is 0 Å². The molecular weight excluding hydrogens is 438 g/mol. The van der Waals surface area contributed by atoms with Gasteiger partial charge in [0, 0.05) is 38.9 Å². The summed E-state index contributed by atoms with van der Waals surface area (Å²) in [5.74, 6) is 0.779. The van der Waals surface area contributed by atoms with Gasteiger partial charge in [0.2, 0.25) is 0 Å². The highest BCUT2D eigenvalue weighted by Gasteiger charge is 2.33. The van der Waals surface area contributed by atoms with E-state index in [-0.39, 0.29) is 22.9 Å². The molecule has 2 aliphatic carbocycles. The van der Waals surface area contributed by atoms with Gasteiger partial charge in [0.1, 0.15) is 28.9 Å². The smallest absolute Gasteiger partial charge is 0.270 e. The fourth-order valence-corrected chi connectivity index (χ4v) is 5.41. The lowest BCUT2D eigenvalue weighted by molar-refractivity contribution is 0.365. The second kappa shape index (κ2) is 9.38. The second-order valence-electron chi connectivity index (χ2n) is 9.76. The van der Waals surface area contributed by atoms with Crippen LogP contribution in [0.5, 0.6) is 0 Å². The summed E-state index contributed by atoms with van der Waals surface area (Å²) in [6, 6.07) is 12.3. The predicted molar refractivity (Wildman–Crippen MR) is 135 cm³/mol. The Morgan fingerprint density at radius 1 is 1.06 bits per heavy atom. The topological polar surface area (TPSA) is 102 Å². The molecule has 0 bridgehead atoms. The zero-order valence-corrected chi connectivity index (χ0v) is 20.2. The van der Waals surface area contributed by atoms with Gasteiger partial charge in [0.05, 0.1) is 23.1 Å². The van der Waals surface area contributed by atoms with Crippen LogP contribution in [0.1, 0.15) is 49.8 Å². The van der Waals surface area contributed by atoms with E-state index in [1.807, 2.05) is 25.5 Å². The molecule has 2 saturated carbocycles. The Morgan fingerprint density at radius 3 is 2.43 bits per heavy atom. The van der Waals surface area contributed by atoms with Crippen LogP contribution < -0.4 is 15.4 Å². The number of aromatic nitrogens is 3. The van der Waals surface area contributed by atoms with Gasteiger partial charge < -0.3 is 14.4 Å². The fourth-order valence-electron chi connectivity index (χ4n) is 5.41. The highest BCUT2D eigenvalue weighted by molar-refractivity contribution is 5.92. The first-order chi connectivity index (χ1) is 17.0. The maximum Gasteiger partial charge on any atom is 0.270 e. The summed E-state index contributed by atoms with van der Waals surface area (Å²) in [6.45, 7) is 1.08. The molecule has 0 atom stereocenters. The van der Waals surface area contributed by atoms with E-state index < -0.39 is 0 Å². The van der Waals surface area contributed by atoms with E-state index in [2.05, 4.69) is 38.0 Å². The molecule has 8 nitrogen and oxygen atoms in total. The van der Waals surface area contributed by atoms with E-state index in [4.69, 9.17) is 0 Å². The summed E-state index contributed by atoms with van der Waals surface area (Å²) in [5.41, 5.74) is 2.88. The van der Waals surface area contributed by atoms with Crippen LogP contribution in [0.4, 0.5) is 11.4 Å². The van der Waals surface area contributed by atoms with Gasteiger partial charge in [-0.2, -0.15) is 10.5 Å². The maximum atomic E-state index is 13.0. The summed E-state index contributed by atoms with van der Waals surface area (Å²) in [4.78, 5) is 26.4. The van der Waals surface area contributed by atoms with Crippen LogP contribution in [0.2, 0.25) is 0 Å². The van der Waals surface area contributed by atoms with Crippen molar-refractivity contribution in [2.75, 3.05) is 23.4 Å². The number of nitriles is 2. The van der Waals surface area contributed by atoms with Crippen LogP contribution in [0.25, 0.3) is 11.0 Å². The van der Waals surface area contributed by atoms with Crippen LogP contribution in [-0.4, -0.2) is 40.2 Å². The molecular formula is C27H29N7O. The molecule has 0 aliphatic heterocycles. The number of pyridine rings is 3. The number of rotatable bonds is 6. The van der Waals surface area contributed by atoms with Gasteiger partial charge in [-0.15, -0.1) is 0 Å². The summed E-state index contributed by atoms with van der Waals surface area (Å²) in [7, 11) is 3.59. The summed E-state index contributed by atoms with van der Waals surface area (Å²) in [6.07, 6.45) is 10.3. The van der Waals surface area contributed by atoms with Crippen molar-refractivity contribution in [1.29, 1.82) is 10.5 Å². The molecule has 3 heterocycles. The van der Waals surface area contributed by atoms with E-state index >= 15 is 0 Å². The average Bonchev–Trinajstić information content (AvgIpc) is 3.73. The Morgan fingerprint density at radius 2 is 1.80 bits per heavy atom. The normalized spacial score (nSPS) is 19.7. The number of hydrogen-bond donors (Lipinski definition) is 0. The lowest BCUT2D eigenvalue weighted by atomic mass is 9.88. The number of fused-ring (bicyclic) bond motifs is 1. The van der Waals surface area contributed by atoms with E-state index in [0.717, 1.165) is 38.1 Å². The Kier molecular flexibility index (Phi) is 6.13. The third-order valence-electron chi connectivity index (χ3n) is 7.58. The third kappa shape index (κ3) is 4.33. The Hall–Kier alpha value is -3.91. The highest BCUT2D eigenvalue weighted by Crippen LogP contribution is 2.37. The van der Waals surface area contributed by atoms with Crippen LogP contribution in [0, 0.1) is 28.6 Å². The van der Waals surface area contributed by atoms with Crippen molar-refractivity contribution in [3.8, 4) is 12.1 Å². The van der Waals surface area contributed by atoms with Gasteiger partial charge >= 0.3 is 0 Å². The zero-order chi connectivity index (χ0) is 24.5. The Bertz CT molecular complexity index is 1370. The predicted octanol–water partition coefficient (Wildman–Crippen LogP) is 3.74. The Labute approximate surface area is 205 Å². The average molecular weight is 468 g/mol. The van der Waals surface area contributed by atoms with Crippen molar-refractivity contribution in [3.63, 3.8) is 0 Å². The van der Waals surface area contributed by atoms with Crippen LogP contribution >= 0.6 is 0 Å². The molecule has 178 valence electrons. The van der Waals surface area contributed by atoms with Gasteiger partial charge in [-0.3, -0.25) is 9.78 Å². The second-order valence-corrected chi connectivity index (χ2v) is 9.76. The van der Waals surface area contributed by atoms with Crippen molar-refractivity contribution in [3.05, 3.63) is 58.3 Å². The molecule has 5 rings (SSSR count). The molecule has 2 aliphatic rings. The molecule has 3 aromatic rings. The quantitative estimate of drug-likeness (QED) is 0.544. The molecule has 8 heteroatoms.